The zero-order chi connectivity index (χ0) is 9.56. The molecule has 2 N–H and O–H groups in total. The van der Waals surface area contributed by atoms with Gasteiger partial charge in [0, 0.05) is 0 Å². The minimum absolute atomic E-state index is 0.287. The molecular weight excluding hydrogens is 154 g/mol. The lowest BCUT2D eigenvalue weighted by Crippen LogP contribution is -2.10. The van der Waals surface area contributed by atoms with Crippen molar-refractivity contribution in [3.8, 4) is 24.3 Å². The Kier molecular flexibility index (Phi) is 3.43. The van der Waals surface area contributed by atoms with Gasteiger partial charge in [-0.05, 0) is 0 Å². The van der Waals surface area contributed by atoms with Gasteiger partial charge < -0.3 is 5.73 Å². The van der Waals surface area contributed by atoms with E-state index in [0.29, 0.717) is 0 Å². The molecule has 0 atom stereocenters. The summed E-state index contributed by atoms with van der Waals surface area (Å²) in [4.78, 5) is 0. The summed E-state index contributed by atoms with van der Waals surface area (Å²) in [6, 6.07) is 6.09. The van der Waals surface area contributed by atoms with Crippen molar-refractivity contribution in [2.75, 3.05) is 0 Å². The predicted octanol–water partition coefficient (Wildman–Crippen LogP) is -0.0903. The van der Waals surface area contributed by atoms with E-state index in [9.17, 15) is 0 Å². The lowest BCUT2D eigenvalue weighted by atomic mass is 10.1. The smallest absolute Gasteiger partial charge is 0.174 e. The van der Waals surface area contributed by atoms with Crippen molar-refractivity contribution in [3.05, 3.63) is 11.3 Å². The van der Waals surface area contributed by atoms with Crippen molar-refractivity contribution in [1.82, 2.24) is 0 Å². The van der Waals surface area contributed by atoms with Crippen LogP contribution in [0.5, 0.6) is 0 Å². The molecule has 0 saturated carbocycles. The molecule has 5 heteroatoms. The second-order valence-corrected chi connectivity index (χ2v) is 1.75. The Labute approximate surface area is 69.1 Å². The molecule has 0 bridgehead atoms. The molecule has 0 aliphatic carbocycles. The summed E-state index contributed by atoms with van der Waals surface area (Å²) in [6.07, 6.45) is 0. The maximum atomic E-state index is 8.33. The molecule has 12 heavy (non-hydrogen) atoms. The topological polar surface area (TPSA) is 121 Å². The Bertz CT molecular complexity index is 335. The first-order valence-electron chi connectivity index (χ1n) is 2.80. The molecule has 0 aromatic carbocycles. The number of nitriles is 4. The molecule has 0 saturated heterocycles. The molecular formula is C7H3N5. The Morgan fingerprint density at radius 1 is 1.00 bits per heavy atom. The van der Waals surface area contributed by atoms with Crippen molar-refractivity contribution in [1.29, 1.82) is 21.0 Å². The molecule has 0 aliphatic heterocycles. The number of rotatable bonds is 1. The highest BCUT2D eigenvalue weighted by molar-refractivity contribution is 5.42. The number of allylic oxidation sites excluding steroid dienone is 2. The van der Waals surface area contributed by atoms with E-state index >= 15 is 0 Å². The molecule has 0 aromatic rings. The van der Waals surface area contributed by atoms with Gasteiger partial charge in [-0.15, -0.1) is 0 Å². The lowest BCUT2D eigenvalue weighted by Gasteiger charge is -1.97. The average Bonchev–Trinajstić information content (AvgIpc) is 2.09. The quantitative estimate of drug-likeness (QED) is 0.533. The van der Waals surface area contributed by atoms with Crippen molar-refractivity contribution in [3.63, 3.8) is 0 Å². The minimum atomic E-state index is -1.22. The molecule has 0 heterocycles. The third kappa shape index (κ3) is 1.74. The van der Waals surface area contributed by atoms with E-state index in [0.717, 1.165) is 0 Å². The van der Waals surface area contributed by atoms with E-state index in [1.807, 2.05) is 0 Å². The van der Waals surface area contributed by atoms with Crippen LogP contribution in [-0.2, 0) is 0 Å². The summed E-state index contributed by atoms with van der Waals surface area (Å²) in [5.41, 5.74) is 4.52. The second-order valence-electron chi connectivity index (χ2n) is 1.75. The first-order valence-corrected chi connectivity index (χ1v) is 2.80. The fourth-order valence-electron chi connectivity index (χ4n) is 0.466. The van der Waals surface area contributed by atoms with Gasteiger partial charge in [-0.1, -0.05) is 0 Å². The van der Waals surface area contributed by atoms with Crippen LogP contribution in [0.4, 0.5) is 0 Å². The molecule has 0 fully saturated rings. The molecule has 0 unspecified atom stereocenters. The summed E-state index contributed by atoms with van der Waals surface area (Å²) in [5, 5.41) is 33.3. The Hall–Kier alpha value is -2.50. The maximum absolute atomic E-state index is 8.33. The number of hydrogen-bond acceptors (Lipinski definition) is 5. The van der Waals surface area contributed by atoms with Crippen LogP contribution >= 0.6 is 0 Å². The zero-order valence-electron chi connectivity index (χ0n) is 5.94. The van der Waals surface area contributed by atoms with Crippen molar-refractivity contribution in [2.45, 2.75) is 0 Å². The van der Waals surface area contributed by atoms with Crippen molar-refractivity contribution >= 4 is 0 Å². The summed E-state index contributed by atoms with van der Waals surface area (Å²) < 4.78 is 0. The summed E-state index contributed by atoms with van der Waals surface area (Å²) >= 11 is 0. The first-order chi connectivity index (χ1) is 5.71. The van der Waals surface area contributed by atoms with Gasteiger partial charge in [0.2, 0.25) is 0 Å². The molecule has 0 spiro atoms. The second kappa shape index (κ2) is 4.34. The van der Waals surface area contributed by atoms with Crippen LogP contribution in [0.15, 0.2) is 11.3 Å². The zero-order valence-corrected chi connectivity index (χ0v) is 5.94. The third-order valence-corrected chi connectivity index (χ3v) is 1.08. The van der Waals surface area contributed by atoms with Gasteiger partial charge in [-0.3, -0.25) is 0 Å². The van der Waals surface area contributed by atoms with Crippen LogP contribution in [0.25, 0.3) is 0 Å². The van der Waals surface area contributed by atoms with Crippen LogP contribution in [0.3, 0.4) is 0 Å². The van der Waals surface area contributed by atoms with Crippen LogP contribution in [0, 0.1) is 51.2 Å². The summed E-state index contributed by atoms with van der Waals surface area (Å²) in [7, 11) is 0. The lowest BCUT2D eigenvalue weighted by molar-refractivity contribution is 0.963. The van der Waals surface area contributed by atoms with E-state index in [4.69, 9.17) is 26.8 Å². The number of nitrogens with two attached hydrogens (primary N) is 1. The predicted molar refractivity (Wildman–Crippen MR) is 37.2 cm³/mol. The summed E-state index contributed by atoms with van der Waals surface area (Å²) in [6.45, 7) is 0. The Morgan fingerprint density at radius 3 is 1.67 bits per heavy atom. The number of hydrogen-bond donors (Lipinski definition) is 1. The minimum Gasteiger partial charge on any atom is -0.398 e. The normalized spacial score (nSPS) is 7.08. The van der Waals surface area contributed by atoms with Gasteiger partial charge in [0.15, 0.2) is 11.5 Å². The van der Waals surface area contributed by atoms with Crippen molar-refractivity contribution < 1.29 is 0 Å². The largest absolute Gasteiger partial charge is 0.398 e. The SMILES string of the molecule is N#CC(C#N)=C(N)C(C#N)C#N. The molecule has 0 aliphatic rings. The standard InChI is InChI=1S/C7H3N5/c8-1-5(2-9)7(12)6(3-10)4-11/h5H,12H2. The van der Waals surface area contributed by atoms with Crippen LogP contribution in [-0.4, -0.2) is 0 Å². The van der Waals surface area contributed by atoms with E-state index in [1.165, 1.54) is 12.1 Å². The highest BCUT2D eigenvalue weighted by Crippen LogP contribution is 2.07. The molecule has 0 rings (SSSR count). The van der Waals surface area contributed by atoms with Gasteiger partial charge in [0.1, 0.15) is 12.1 Å². The summed E-state index contributed by atoms with van der Waals surface area (Å²) in [5.74, 6) is -1.22. The average molecular weight is 157 g/mol. The highest BCUT2D eigenvalue weighted by Gasteiger charge is 2.13. The molecule has 56 valence electrons. The van der Waals surface area contributed by atoms with Gasteiger partial charge in [0.05, 0.1) is 17.8 Å². The van der Waals surface area contributed by atoms with E-state index in [-0.39, 0.29) is 11.3 Å². The monoisotopic (exact) mass is 157 g/mol. The number of nitrogens with zero attached hydrogens (tertiary/aromatic N) is 4. The molecule has 0 amide bonds. The van der Waals surface area contributed by atoms with Crippen LogP contribution in [0.1, 0.15) is 0 Å². The van der Waals surface area contributed by atoms with Crippen LogP contribution in [0.2, 0.25) is 0 Å². The van der Waals surface area contributed by atoms with Crippen molar-refractivity contribution in [2.24, 2.45) is 11.7 Å². The fraction of sp³-hybridized carbons (Fsp3) is 0.143. The van der Waals surface area contributed by atoms with Crippen LogP contribution < -0.4 is 5.73 Å². The molecule has 0 aromatic heterocycles. The van der Waals surface area contributed by atoms with Gasteiger partial charge in [0.25, 0.3) is 0 Å². The Morgan fingerprint density at radius 2 is 1.42 bits per heavy atom. The van der Waals surface area contributed by atoms with E-state index < -0.39 is 5.92 Å². The van der Waals surface area contributed by atoms with Gasteiger partial charge >= 0.3 is 0 Å². The van der Waals surface area contributed by atoms with E-state index in [1.54, 1.807) is 12.1 Å². The first kappa shape index (κ1) is 9.50. The highest BCUT2D eigenvalue weighted by atomic mass is 14.6. The molecule has 5 nitrogen and oxygen atoms in total. The maximum Gasteiger partial charge on any atom is 0.174 e. The Balaban J connectivity index is 5.11. The van der Waals surface area contributed by atoms with Gasteiger partial charge in [-0.2, -0.15) is 21.0 Å². The molecule has 0 radical (unpaired) electrons. The third-order valence-electron chi connectivity index (χ3n) is 1.08. The fourth-order valence-corrected chi connectivity index (χ4v) is 0.466. The van der Waals surface area contributed by atoms with E-state index in [2.05, 4.69) is 0 Å². The van der Waals surface area contributed by atoms with Gasteiger partial charge in [-0.25, -0.2) is 0 Å².